The summed E-state index contributed by atoms with van der Waals surface area (Å²) in [6, 6.07) is 11.8. The SMILES string of the molecule is Cc1cc(C(=O)Nc2cc(Br)ccc2N2CCOCC2)c(C)n1-c1cccnc1. The summed E-state index contributed by atoms with van der Waals surface area (Å²) in [6.45, 7) is 6.94. The number of aromatic nitrogens is 2. The number of nitrogens with zero attached hydrogens (tertiary/aromatic N) is 3. The molecule has 0 atom stereocenters. The molecule has 0 spiro atoms. The maximum atomic E-state index is 13.2. The third-order valence-corrected chi connectivity index (χ3v) is 5.63. The summed E-state index contributed by atoms with van der Waals surface area (Å²) < 4.78 is 8.43. The van der Waals surface area contributed by atoms with Gasteiger partial charge in [-0.2, -0.15) is 0 Å². The molecule has 0 aliphatic carbocycles. The summed E-state index contributed by atoms with van der Waals surface area (Å²) in [5.41, 5.74) is 5.26. The Kier molecular flexibility index (Phi) is 5.69. The number of morpholine rings is 1. The summed E-state index contributed by atoms with van der Waals surface area (Å²) in [5, 5.41) is 3.12. The number of hydrogen-bond donors (Lipinski definition) is 1. The first kappa shape index (κ1) is 19.7. The maximum absolute atomic E-state index is 13.2. The van der Waals surface area contributed by atoms with E-state index in [0.29, 0.717) is 18.8 Å². The van der Waals surface area contributed by atoms with Crippen LogP contribution in [0.1, 0.15) is 21.7 Å². The zero-order chi connectivity index (χ0) is 20.4. The minimum atomic E-state index is -0.124. The Morgan fingerprint density at radius 2 is 1.97 bits per heavy atom. The fourth-order valence-corrected chi connectivity index (χ4v) is 4.12. The number of anilines is 2. The lowest BCUT2D eigenvalue weighted by Crippen LogP contribution is -2.36. The minimum absolute atomic E-state index is 0.124. The number of carbonyl (C=O) groups is 1. The van der Waals surface area contributed by atoms with Crippen molar-refractivity contribution in [1.82, 2.24) is 9.55 Å². The number of aryl methyl sites for hydroxylation is 1. The fraction of sp³-hybridized carbons (Fsp3) is 0.273. The van der Waals surface area contributed by atoms with Crippen LogP contribution in [0.3, 0.4) is 0 Å². The molecule has 0 saturated carbocycles. The number of nitrogens with one attached hydrogen (secondary N) is 1. The number of halogens is 1. The van der Waals surface area contributed by atoms with Crippen molar-refractivity contribution in [3.63, 3.8) is 0 Å². The van der Waals surface area contributed by atoms with Gasteiger partial charge < -0.3 is 19.5 Å². The molecule has 7 heteroatoms. The first-order valence-corrected chi connectivity index (χ1v) is 10.4. The second-order valence-corrected chi connectivity index (χ2v) is 7.96. The lowest BCUT2D eigenvalue weighted by Gasteiger charge is -2.30. The molecule has 0 bridgehead atoms. The largest absolute Gasteiger partial charge is 0.378 e. The van der Waals surface area contributed by atoms with Gasteiger partial charge in [-0.15, -0.1) is 0 Å². The molecule has 6 nitrogen and oxygen atoms in total. The van der Waals surface area contributed by atoms with Crippen LogP contribution >= 0.6 is 15.9 Å². The molecule has 1 amide bonds. The van der Waals surface area contributed by atoms with Gasteiger partial charge in [0, 0.05) is 35.1 Å². The molecule has 1 saturated heterocycles. The monoisotopic (exact) mass is 454 g/mol. The van der Waals surface area contributed by atoms with Crippen LogP contribution < -0.4 is 10.2 Å². The molecule has 4 rings (SSSR count). The van der Waals surface area contributed by atoms with Gasteiger partial charge in [0.15, 0.2) is 0 Å². The average Bonchev–Trinajstić information content (AvgIpc) is 3.03. The van der Waals surface area contributed by atoms with E-state index in [1.807, 2.05) is 54.8 Å². The van der Waals surface area contributed by atoms with Gasteiger partial charge in [-0.25, -0.2) is 0 Å². The van der Waals surface area contributed by atoms with Gasteiger partial charge in [0.2, 0.25) is 0 Å². The number of pyridine rings is 1. The second kappa shape index (κ2) is 8.39. The van der Waals surface area contributed by atoms with Crippen LogP contribution in [0, 0.1) is 13.8 Å². The Bertz CT molecular complexity index is 1030. The molecular weight excluding hydrogens is 432 g/mol. The zero-order valence-electron chi connectivity index (χ0n) is 16.5. The van der Waals surface area contributed by atoms with E-state index in [4.69, 9.17) is 4.74 Å². The van der Waals surface area contributed by atoms with Crippen molar-refractivity contribution in [1.29, 1.82) is 0 Å². The quantitative estimate of drug-likeness (QED) is 0.636. The van der Waals surface area contributed by atoms with Gasteiger partial charge in [0.05, 0.1) is 42.0 Å². The highest BCUT2D eigenvalue weighted by molar-refractivity contribution is 9.10. The molecule has 29 heavy (non-hydrogen) atoms. The minimum Gasteiger partial charge on any atom is -0.378 e. The van der Waals surface area contributed by atoms with Crippen LogP contribution in [-0.2, 0) is 4.74 Å². The highest BCUT2D eigenvalue weighted by Gasteiger charge is 2.20. The van der Waals surface area contributed by atoms with Gasteiger partial charge in [-0.1, -0.05) is 15.9 Å². The van der Waals surface area contributed by atoms with Crippen molar-refractivity contribution in [2.75, 3.05) is 36.5 Å². The average molecular weight is 455 g/mol. The molecule has 1 aliphatic heterocycles. The van der Waals surface area contributed by atoms with Gasteiger partial charge in [0.1, 0.15) is 0 Å². The molecule has 3 heterocycles. The second-order valence-electron chi connectivity index (χ2n) is 7.05. The van der Waals surface area contributed by atoms with Crippen LogP contribution in [0.25, 0.3) is 5.69 Å². The van der Waals surface area contributed by atoms with Gasteiger partial charge in [-0.3, -0.25) is 9.78 Å². The van der Waals surface area contributed by atoms with E-state index in [1.165, 1.54) is 0 Å². The summed E-state index contributed by atoms with van der Waals surface area (Å²) in [5.74, 6) is -0.124. The van der Waals surface area contributed by atoms with Gasteiger partial charge in [-0.05, 0) is 50.2 Å². The Morgan fingerprint density at radius 3 is 2.69 bits per heavy atom. The van der Waals surface area contributed by atoms with Crippen LogP contribution in [-0.4, -0.2) is 41.8 Å². The molecule has 1 fully saturated rings. The fourth-order valence-electron chi connectivity index (χ4n) is 3.75. The topological polar surface area (TPSA) is 59.4 Å². The molecule has 3 aromatic rings. The number of carbonyl (C=O) groups excluding carboxylic acids is 1. The Hall–Kier alpha value is -2.64. The van der Waals surface area contributed by atoms with Gasteiger partial charge >= 0.3 is 0 Å². The number of hydrogen-bond acceptors (Lipinski definition) is 4. The van der Waals surface area contributed by atoms with Crippen LogP contribution in [0.15, 0.2) is 53.3 Å². The van der Waals surface area contributed by atoms with E-state index in [2.05, 4.69) is 31.1 Å². The highest BCUT2D eigenvalue weighted by atomic mass is 79.9. The Balaban J connectivity index is 1.65. The molecule has 0 unspecified atom stereocenters. The van der Waals surface area contributed by atoms with E-state index in [9.17, 15) is 4.79 Å². The number of rotatable bonds is 4. The van der Waals surface area contributed by atoms with Crippen molar-refractivity contribution >= 4 is 33.2 Å². The van der Waals surface area contributed by atoms with Crippen molar-refractivity contribution in [2.45, 2.75) is 13.8 Å². The molecule has 1 N–H and O–H groups in total. The molecule has 1 aliphatic rings. The van der Waals surface area contributed by atoms with Crippen molar-refractivity contribution in [3.8, 4) is 5.69 Å². The predicted molar refractivity (Wildman–Crippen MR) is 118 cm³/mol. The normalized spacial score (nSPS) is 14.1. The zero-order valence-corrected chi connectivity index (χ0v) is 18.1. The molecule has 1 aromatic carbocycles. The maximum Gasteiger partial charge on any atom is 0.257 e. The predicted octanol–water partition coefficient (Wildman–Crippen LogP) is 4.34. The van der Waals surface area contributed by atoms with E-state index in [0.717, 1.165) is 46.0 Å². The Morgan fingerprint density at radius 1 is 1.17 bits per heavy atom. The highest BCUT2D eigenvalue weighted by Crippen LogP contribution is 2.31. The number of ether oxygens (including phenoxy) is 1. The van der Waals surface area contributed by atoms with E-state index < -0.39 is 0 Å². The van der Waals surface area contributed by atoms with Crippen molar-refractivity contribution in [2.24, 2.45) is 0 Å². The lowest BCUT2D eigenvalue weighted by atomic mass is 10.2. The van der Waals surface area contributed by atoms with Crippen LogP contribution in [0.5, 0.6) is 0 Å². The van der Waals surface area contributed by atoms with E-state index in [1.54, 1.807) is 12.4 Å². The first-order chi connectivity index (χ1) is 14.0. The molecule has 150 valence electrons. The third-order valence-electron chi connectivity index (χ3n) is 5.14. The van der Waals surface area contributed by atoms with Gasteiger partial charge in [0.25, 0.3) is 5.91 Å². The van der Waals surface area contributed by atoms with Crippen LogP contribution in [0.2, 0.25) is 0 Å². The molecule has 0 radical (unpaired) electrons. The summed E-state index contributed by atoms with van der Waals surface area (Å²) in [6.07, 6.45) is 3.54. The lowest BCUT2D eigenvalue weighted by molar-refractivity contribution is 0.102. The Labute approximate surface area is 178 Å². The summed E-state index contributed by atoms with van der Waals surface area (Å²) in [7, 11) is 0. The van der Waals surface area contributed by atoms with Crippen molar-refractivity contribution < 1.29 is 9.53 Å². The van der Waals surface area contributed by atoms with Crippen LogP contribution in [0.4, 0.5) is 11.4 Å². The number of amides is 1. The first-order valence-electron chi connectivity index (χ1n) is 9.57. The standard InChI is InChI=1S/C22H23BrN4O2/c1-15-12-19(16(2)27(15)18-4-3-7-24-14-18)22(28)25-20-13-17(23)5-6-21(20)26-8-10-29-11-9-26/h3-7,12-14H,8-11H2,1-2H3,(H,25,28). The molecule has 2 aromatic heterocycles. The summed E-state index contributed by atoms with van der Waals surface area (Å²) >= 11 is 3.52. The van der Waals surface area contributed by atoms with Crippen molar-refractivity contribution in [3.05, 3.63) is 70.2 Å². The summed E-state index contributed by atoms with van der Waals surface area (Å²) in [4.78, 5) is 19.6. The van der Waals surface area contributed by atoms with E-state index >= 15 is 0 Å². The smallest absolute Gasteiger partial charge is 0.257 e. The molecular formula is C22H23BrN4O2. The number of benzene rings is 1. The third kappa shape index (κ3) is 4.06. The van der Waals surface area contributed by atoms with E-state index in [-0.39, 0.29) is 5.91 Å².